The molecule has 3 nitrogen and oxygen atoms in total. The second-order valence-electron chi connectivity index (χ2n) is 3.28. The van der Waals surface area contributed by atoms with Crippen LogP contribution in [0.5, 0.6) is 0 Å². The van der Waals surface area contributed by atoms with E-state index in [0.717, 1.165) is 19.6 Å². The third kappa shape index (κ3) is 4.18. The molecule has 1 aliphatic heterocycles. The minimum Gasteiger partial charge on any atom is -0.306 e. The lowest BCUT2D eigenvalue weighted by Gasteiger charge is -2.17. The van der Waals surface area contributed by atoms with Gasteiger partial charge in [-0.15, -0.1) is 0 Å². The van der Waals surface area contributed by atoms with Gasteiger partial charge >= 0.3 is 0 Å². The Morgan fingerprint density at radius 2 is 1.75 bits per heavy atom. The molecule has 1 unspecified atom stereocenters. The molecule has 0 radical (unpaired) electrons. The molecule has 1 saturated heterocycles. The molecular weight excluding hydrogens is 174 g/mol. The molecule has 0 aromatic rings. The molecule has 0 amide bonds. The van der Waals surface area contributed by atoms with Crippen LogP contribution in [0.4, 0.5) is 0 Å². The van der Waals surface area contributed by atoms with Crippen molar-refractivity contribution in [2.75, 3.05) is 25.4 Å². The Bertz CT molecular complexity index is 144. The Morgan fingerprint density at radius 1 is 1.17 bits per heavy atom. The molecule has 1 atom stereocenters. The van der Waals surface area contributed by atoms with Gasteiger partial charge in [0.1, 0.15) is 0 Å². The first-order valence-electron chi connectivity index (χ1n) is 4.59. The summed E-state index contributed by atoms with van der Waals surface area (Å²) in [6.45, 7) is 3.00. The van der Waals surface area contributed by atoms with Gasteiger partial charge in [0, 0.05) is 6.54 Å². The molecule has 0 bridgehead atoms. The van der Waals surface area contributed by atoms with Gasteiger partial charge in [-0.3, -0.25) is 0 Å². The van der Waals surface area contributed by atoms with E-state index in [2.05, 4.69) is 4.90 Å². The van der Waals surface area contributed by atoms with Gasteiger partial charge in [-0.25, -0.2) is 4.21 Å². The van der Waals surface area contributed by atoms with Crippen molar-refractivity contribution in [3.05, 3.63) is 0 Å². The van der Waals surface area contributed by atoms with Crippen LogP contribution >= 0.6 is 0 Å². The van der Waals surface area contributed by atoms with Crippen molar-refractivity contribution in [2.45, 2.75) is 25.7 Å². The number of likely N-dealkylation sites (tertiary alicyclic amines) is 1. The average Bonchev–Trinajstić information content (AvgIpc) is 2.28. The quantitative estimate of drug-likeness (QED) is 0.679. The van der Waals surface area contributed by atoms with Crippen LogP contribution in [-0.2, 0) is 11.1 Å². The van der Waals surface area contributed by atoms with Crippen LogP contribution in [0.2, 0.25) is 0 Å². The molecule has 4 heteroatoms. The number of nitrogens with zero attached hydrogens (tertiary/aromatic N) is 1. The molecule has 0 aromatic carbocycles. The Morgan fingerprint density at radius 3 is 2.25 bits per heavy atom. The highest BCUT2D eigenvalue weighted by Gasteiger charge is 2.08. The van der Waals surface area contributed by atoms with Gasteiger partial charge < -0.3 is 9.45 Å². The summed E-state index contributed by atoms with van der Waals surface area (Å²) in [5.74, 6) is 0.403. The SMILES string of the molecule is O=S(O)CCN1CCCCCC1. The molecule has 72 valence electrons. The maximum Gasteiger partial charge on any atom is 0.154 e. The molecule has 0 aliphatic carbocycles. The molecule has 0 spiro atoms. The largest absolute Gasteiger partial charge is 0.306 e. The Labute approximate surface area is 76.4 Å². The lowest BCUT2D eigenvalue weighted by Crippen LogP contribution is -2.28. The molecule has 1 fully saturated rings. The first-order chi connectivity index (χ1) is 5.79. The van der Waals surface area contributed by atoms with E-state index in [1.807, 2.05) is 0 Å². The monoisotopic (exact) mass is 191 g/mol. The highest BCUT2D eigenvalue weighted by Crippen LogP contribution is 2.08. The first-order valence-corrected chi connectivity index (χ1v) is 5.86. The van der Waals surface area contributed by atoms with Crippen LogP contribution in [-0.4, -0.2) is 39.0 Å². The maximum atomic E-state index is 10.4. The van der Waals surface area contributed by atoms with Crippen molar-refractivity contribution >= 4 is 11.1 Å². The Hall–Kier alpha value is 0.0700. The second-order valence-corrected chi connectivity index (χ2v) is 4.33. The number of hydrogen-bond donors (Lipinski definition) is 1. The summed E-state index contributed by atoms with van der Waals surface area (Å²) in [6.07, 6.45) is 5.13. The highest BCUT2D eigenvalue weighted by molar-refractivity contribution is 7.79. The van der Waals surface area contributed by atoms with Crippen LogP contribution in [0.15, 0.2) is 0 Å². The van der Waals surface area contributed by atoms with E-state index in [4.69, 9.17) is 4.55 Å². The molecule has 12 heavy (non-hydrogen) atoms. The van der Waals surface area contributed by atoms with E-state index in [9.17, 15) is 4.21 Å². The molecule has 0 saturated carbocycles. The maximum absolute atomic E-state index is 10.4. The summed E-state index contributed by atoms with van der Waals surface area (Å²) < 4.78 is 19.0. The zero-order valence-corrected chi connectivity index (χ0v) is 8.18. The van der Waals surface area contributed by atoms with Crippen LogP contribution in [0.25, 0.3) is 0 Å². The molecule has 1 N–H and O–H groups in total. The van der Waals surface area contributed by atoms with E-state index in [1.165, 1.54) is 25.7 Å². The van der Waals surface area contributed by atoms with Gasteiger partial charge in [0.25, 0.3) is 0 Å². The highest BCUT2D eigenvalue weighted by atomic mass is 32.2. The van der Waals surface area contributed by atoms with Gasteiger partial charge in [-0.2, -0.15) is 0 Å². The molecule has 1 rings (SSSR count). The summed E-state index contributed by atoms with van der Waals surface area (Å²) in [5, 5.41) is 0. The molecule has 0 aromatic heterocycles. The van der Waals surface area contributed by atoms with E-state index in [1.54, 1.807) is 0 Å². The van der Waals surface area contributed by atoms with E-state index < -0.39 is 11.1 Å². The topological polar surface area (TPSA) is 40.5 Å². The van der Waals surface area contributed by atoms with Crippen molar-refractivity contribution < 1.29 is 8.76 Å². The zero-order valence-electron chi connectivity index (χ0n) is 7.37. The molecular formula is C8H17NO2S. The van der Waals surface area contributed by atoms with Crippen LogP contribution in [0.3, 0.4) is 0 Å². The standard InChI is InChI=1S/C8H17NO2S/c10-12(11)8-7-9-5-3-1-2-4-6-9/h1-8H2,(H,10,11). The van der Waals surface area contributed by atoms with Crippen LogP contribution in [0.1, 0.15) is 25.7 Å². The van der Waals surface area contributed by atoms with Gasteiger partial charge in [0.2, 0.25) is 0 Å². The lowest BCUT2D eigenvalue weighted by atomic mass is 10.2. The molecule has 1 heterocycles. The van der Waals surface area contributed by atoms with Crippen molar-refractivity contribution in [1.29, 1.82) is 0 Å². The Balaban J connectivity index is 2.16. The van der Waals surface area contributed by atoms with Crippen LogP contribution in [0, 0.1) is 0 Å². The van der Waals surface area contributed by atoms with Gasteiger partial charge in [-0.05, 0) is 25.9 Å². The minimum atomic E-state index is -1.61. The fourth-order valence-corrected chi connectivity index (χ4v) is 1.98. The fraction of sp³-hybridized carbons (Fsp3) is 1.00. The number of hydrogen-bond acceptors (Lipinski definition) is 2. The lowest BCUT2D eigenvalue weighted by molar-refractivity contribution is 0.301. The summed E-state index contributed by atoms with van der Waals surface area (Å²) in [6, 6.07) is 0. The first kappa shape index (κ1) is 10.2. The minimum absolute atomic E-state index is 0.403. The third-order valence-corrected chi connectivity index (χ3v) is 2.81. The zero-order chi connectivity index (χ0) is 8.81. The third-order valence-electron chi connectivity index (χ3n) is 2.28. The van der Waals surface area contributed by atoms with Gasteiger partial charge in [-0.1, -0.05) is 12.8 Å². The summed E-state index contributed by atoms with van der Waals surface area (Å²) in [4.78, 5) is 2.29. The van der Waals surface area contributed by atoms with Crippen molar-refractivity contribution in [3.63, 3.8) is 0 Å². The summed E-state index contributed by atoms with van der Waals surface area (Å²) in [7, 11) is 0. The van der Waals surface area contributed by atoms with Crippen molar-refractivity contribution in [2.24, 2.45) is 0 Å². The van der Waals surface area contributed by atoms with Crippen molar-refractivity contribution in [3.8, 4) is 0 Å². The smallest absolute Gasteiger partial charge is 0.154 e. The fourth-order valence-electron chi connectivity index (χ4n) is 1.57. The summed E-state index contributed by atoms with van der Waals surface area (Å²) in [5.41, 5.74) is 0. The predicted octanol–water partition coefficient (Wildman–Crippen LogP) is 1.08. The molecule has 1 aliphatic rings. The van der Waals surface area contributed by atoms with Gasteiger partial charge in [0.05, 0.1) is 5.75 Å². The normalized spacial score (nSPS) is 23.4. The second kappa shape index (κ2) is 5.67. The average molecular weight is 191 g/mol. The van der Waals surface area contributed by atoms with Crippen LogP contribution < -0.4 is 0 Å². The predicted molar refractivity (Wildman–Crippen MR) is 50.5 cm³/mol. The van der Waals surface area contributed by atoms with Gasteiger partial charge in [0.15, 0.2) is 11.1 Å². The summed E-state index contributed by atoms with van der Waals surface area (Å²) >= 11 is -1.61. The van der Waals surface area contributed by atoms with E-state index in [-0.39, 0.29) is 0 Å². The Kier molecular flexibility index (Phi) is 4.80. The van der Waals surface area contributed by atoms with E-state index in [0.29, 0.717) is 5.75 Å². The van der Waals surface area contributed by atoms with Crippen molar-refractivity contribution in [1.82, 2.24) is 4.90 Å². The number of rotatable bonds is 3. The van der Waals surface area contributed by atoms with E-state index >= 15 is 0 Å².